The molecular weight excluding hydrogens is 314 g/mol. The van der Waals surface area contributed by atoms with Gasteiger partial charge in [-0.15, -0.1) is 0 Å². The van der Waals surface area contributed by atoms with Crippen LogP contribution in [0.5, 0.6) is 11.5 Å². The van der Waals surface area contributed by atoms with Crippen LogP contribution in [0.2, 0.25) is 0 Å². The smallest absolute Gasteiger partial charge is 0.334 e. The number of nitrogens with one attached hydrogen (secondary N) is 1. The van der Waals surface area contributed by atoms with Crippen LogP contribution in [-0.4, -0.2) is 28.4 Å². The molecule has 3 aliphatic heterocycles. The van der Waals surface area contributed by atoms with Gasteiger partial charge in [0.2, 0.25) is 6.29 Å². The molecule has 0 radical (unpaired) electrons. The minimum atomic E-state index is -1.17. The molecule has 0 aromatic heterocycles. The zero-order valence-corrected chi connectivity index (χ0v) is 13.0. The lowest BCUT2D eigenvalue weighted by atomic mass is 9.79. The summed E-state index contributed by atoms with van der Waals surface area (Å²) in [6.45, 7) is 3.25. The summed E-state index contributed by atoms with van der Waals surface area (Å²) >= 11 is 0. The quantitative estimate of drug-likeness (QED) is 0.776. The van der Waals surface area contributed by atoms with E-state index in [2.05, 4.69) is 5.32 Å². The normalized spacial score (nSPS) is 21.5. The molecule has 1 atom stereocenters. The van der Waals surface area contributed by atoms with E-state index in [0.717, 1.165) is 5.56 Å². The van der Waals surface area contributed by atoms with Crippen molar-refractivity contribution in [2.24, 2.45) is 0 Å². The molecule has 1 aromatic carbocycles. The number of carboxylic acid groups (broad SMARTS) is 2. The molecule has 24 heavy (non-hydrogen) atoms. The molecule has 2 bridgehead atoms. The summed E-state index contributed by atoms with van der Waals surface area (Å²) in [6.07, 6.45) is 0.249. The predicted molar refractivity (Wildman–Crippen MR) is 81.7 cm³/mol. The Kier molecular flexibility index (Phi) is 2.90. The first kappa shape index (κ1) is 14.6. The SMILES string of the molecule is CC1=C(C(=O)O)C(c2ccc3c4c2OC(C3)O4)C(C(=O)O)=C(C)N1. The fraction of sp³-hybridized carbons (Fsp3) is 0.294. The third-order valence-electron chi connectivity index (χ3n) is 4.64. The van der Waals surface area contributed by atoms with E-state index < -0.39 is 24.1 Å². The molecule has 1 aromatic rings. The van der Waals surface area contributed by atoms with Gasteiger partial charge < -0.3 is 25.0 Å². The maximum Gasteiger partial charge on any atom is 0.334 e. The summed E-state index contributed by atoms with van der Waals surface area (Å²) in [7, 11) is 0. The number of allylic oxidation sites excluding steroid dienone is 2. The van der Waals surface area contributed by atoms with Gasteiger partial charge in [-0.3, -0.25) is 0 Å². The maximum absolute atomic E-state index is 11.8. The maximum atomic E-state index is 11.8. The number of ether oxygens (including phenoxy) is 2. The van der Waals surface area contributed by atoms with Crippen LogP contribution >= 0.6 is 0 Å². The van der Waals surface area contributed by atoms with E-state index in [1.165, 1.54) is 0 Å². The van der Waals surface area contributed by atoms with Crippen LogP contribution < -0.4 is 14.8 Å². The molecule has 7 heteroatoms. The molecule has 0 saturated carbocycles. The lowest BCUT2D eigenvalue weighted by Crippen LogP contribution is -2.31. The summed E-state index contributed by atoms with van der Waals surface area (Å²) in [5, 5.41) is 22.2. The molecule has 3 N–H and O–H groups in total. The molecule has 0 spiro atoms. The largest absolute Gasteiger partial charge is 0.478 e. The van der Waals surface area contributed by atoms with Gasteiger partial charge in [-0.2, -0.15) is 0 Å². The number of aliphatic carboxylic acids is 2. The van der Waals surface area contributed by atoms with Gasteiger partial charge in [0.15, 0.2) is 11.5 Å². The highest BCUT2D eigenvalue weighted by atomic mass is 16.7. The van der Waals surface area contributed by atoms with Gasteiger partial charge in [-0.25, -0.2) is 9.59 Å². The van der Waals surface area contributed by atoms with Crippen LogP contribution in [0.25, 0.3) is 0 Å². The molecule has 0 amide bonds. The van der Waals surface area contributed by atoms with E-state index in [1.807, 2.05) is 6.07 Å². The van der Waals surface area contributed by atoms with Gasteiger partial charge in [0, 0.05) is 22.5 Å². The summed E-state index contributed by atoms with van der Waals surface area (Å²) < 4.78 is 11.3. The van der Waals surface area contributed by atoms with E-state index in [9.17, 15) is 19.8 Å². The standard InChI is InChI=1S/C17H15NO6/c1-6-11(16(19)20)13(12(17(21)22)7(2)18-6)9-4-3-8-5-10-23-14(8)15(9)24-10/h3-4,10,13,18H,5H2,1-2H3,(H,19,20)(H,21,22). The van der Waals surface area contributed by atoms with Crippen molar-refractivity contribution >= 4 is 11.9 Å². The molecule has 0 aliphatic carbocycles. The van der Waals surface area contributed by atoms with Gasteiger partial charge in [0.1, 0.15) is 0 Å². The average Bonchev–Trinajstić information content (AvgIpc) is 3.06. The minimum absolute atomic E-state index is 0.000531. The number of carbonyl (C=O) groups is 2. The van der Waals surface area contributed by atoms with Crippen LogP contribution in [0.3, 0.4) is 0 Å². The molecule has 124 valence electrons. The third kappa shape index (κ3) is 1.84. The monoisotopic (exact) mass is 329 g/mol. The van der Waals surface area contributed by atoms with E-state index in [0.29, 0.717) is 34.9 Å². The van der Waals surface area contributed by atoms with Crippen LogP contribution in [-0.2, 0) is 16.0 Å². The second kappa shape index (κ2) is 4.77. The summed E-state index contributed by atoms with van der Waals surface area (Å²) in [5.74, 6) is -2.21. The number of carboxylic acids is 2. The zero-order valence-electron chi connectivity index (χ0n) is 13.0. The number of rotatable bonds is 3. The number of hydrogen-bond donors (Lipinski definition) is 3. The first-order chi connectivity index (χ1) is 11.4. The third-order valence-corrected chi connectivity index (χ3v) is 4.64. The van der Waals surface area contributed by atoms with Gasteiger partial charge in [-0.05, 0) is 13.8 Å². The Bertz CT molecular complexity index is 830. The Labute approximate surface area is 137 Å². The van der Waals surface area contributed by atoms with Crippen molar-refractivity contribution in [1.29, 1.82) is 0 Å². The summed E-state index contributed by atoms with van der Waals surface area (Å²) in [4.78, 5) is 23.6. The van der Waals surface area contributed by atoms with Crippen LogP contribution in [0, 0.1) is 0 Å². The molecule has 0 saturated heterocycles. The highest BCUT2D eigenvalue weighted by molar-refractivity contribution is 5.98. The lowest BCUT2D eigenvalue weighted by Gasteiger charge is -2.29. The first-order valence-corrected chi connectivity index (χ1v) is 7.52. The second-order valence-corrected chi connectivity index (χ2v) is 6.09. The summed E-state index contributed by atoms with van der Waals surface area (Å²) in [5.41, 5.74) is 2.34. The molecular formula is C17H15NO6. The van der Waals surface area contributed by atoms with Crippen molar-refractivity contribution in [2.45, 2.75) is 32.5 Å². The second-order valence-electron chi connectivity index (χ2n) is 6.09. The van der Waals surface area contributed by atoms with Crippen molar-refractivity contribution in [3.05, 3.63) is 45.8 Å². The van der Waals surface area contributed by atoms with Crippen molar-refractivity contribution < 1.29 is 29.3 Å². The number of benzene rings is 1. The lowest BCUT2D eigenvalue weighted by molar-refractivity contribution is -0.133. The number of fused-ring (bicyclic) bond motifs is 1. The molecule has 1 unspecified atom stereocenters. The van der Waals surface area contributed by atoms with Crippen LogP contribution in [0.1, 0.15) is 30.9 Å². The van der Waals surface area contributed by atoms with Crippen molar-refractivity contribution in [2.75, 3.05) is 0 Å². The highest BCUT2D eigenvalue weighted by Gasteiger charge is 2.43. The average molecular weight is 329 g/mol. The van der Waals surface area contributed by atoms with Crippen molar-refractivity contribution in [1.82, 2.24) is 5.32 Å². The molecule has 0 fully saturated rings. The van der Waals surface area contributed by atoms with Crippen LogP contribution in [0.15, 0.2) is 34.7 Å². The minimum Gasteiger partial charge on any atom is -0.478 e. The fourth-order valence-electron chi connectivity index (χ4n) is 3.68. The molecule has 7 nitrogen and oxygen atoms in total. The zero-order chi connectivity index (χ0) is 17.2. The Balaban J connectivity index is 1.96. The van der Waals surface area contributed by atoms with Crippen LogP contribution in [0.4, 0.5) is 0 Å². The Morgan fingerprint density at radius 3 is 2.17 bits per heavy atom. The Morgan fingerprint density at radius 1 is 1.04 bits per heavy atom. The van der Waals surface area contributed by atoms with Crippen molar-refractivity contribution in [3.8, 4) is 11.5 Å². The van der Waals surface area contributed by atoms with E-state index in [-0.39, 0.29) is 11.1 Å². The molecule has 4 rings (SSSR count). The number of hydrogen-bond acceptors (Lipinski definition) is 5. The first-order valence-electron chi connectivity index (χ1n) is 7.52. The Hall–Kier alpha value is -2.96. The Morgan fingerprint density at radius 2 is 1.62 bits per heavy atom. The summed E-state index contributed by atoms with van der Waals surface area (Å²) in [6, 6.07) is 3.59. The molecule has 3 heterocycles. The van der Waals surface area contributed by atoms with E-state index in [4.69, 9.17) is 9.47 Å². The van der Waals surface area contributed by atoms with Gasteiger partial charge in [0.25, 0.3) is 0 Å². The van der Waals surface area contributed by atoms with Crippen molar-refractivity contribution in [3.63, 3.8) is 0 Å². The van der Waals surface area contributed by atoms with E-state index in [1.54, 1.807) is 19.9 Å². The topological polar surface area (TPSA) is 105 Å². The van der Waals surface area contributed by atoms with E-state index >= 15 is 0 Å². The van der Waals surface area contributed by atoms with Gasteiger partial charge in [-0.1, -0.05) is 12.1 Å². The van der Waals surface area contributed by atoms with Gasteiger partial charge >= 0.3 is 11.9 Å². The highest BCUT2D eigenvalue weighted by Crippen LogP contribution is 2.52. The number of dihydropyridines is 1. The predicted octanol–water partition coefficient (Wildman–Crippen LogP) is 1.74. The van der Waals surface area contributed by atoms with Gasteiger partial charge in [0.05, 0.1) is 23.5 Å². The molecule has 3 aliphatic rings. The fourth-order valence-corrected chi connectivity index (χ4v) is 3.68.